The number of likely N-dealkylation sites (N-methyl/N-ethyl adjacent to an activating group) is 2. The maximum Gasteiger partial charge on any atom is 0.285 e. The van der Waals surface area contributed by atoms with E-state index in [4.69, 9.17) is 0 Å². The first kappa shape index (κ1) is 14.5. The van der Waals surface area contributed by atoms with Gasteiger partial charge in [0.15, 0.2) is 5.84 Å². The van der Waals surface area contributed by atoms with Gasteiger partial charge in [0.1, 0.15) is 4.90 Å². The van der Waals surface area contributed by atoms with E-state index in [1.165, 1.54) is 6.07 Å². The predicted molar refractivity (Wildman–Crippen MR) is 76.1 cm³/mol. The zero-order chi connectivity index (χ0) is 14.9. The van der Waals surface area contributed by atoms with Gasteiger partial charge in [-0.25, -0.2) is 0 Å². The molecule has 0 spiro atoms. The molecule has 6 nitrogen and oxygen atoms in total. The van der Waals surface area contributed by atoms with Crippen LogP contribution in [-0.4, -0.2) is 57.1 Å². The largest absolute Gasteiger partial charge is 0.349 e. The van der Waals surface area contributed by atoms with E-state index in [0.717, 1.165) is 0 Å². The predicted octanol–water partition coefficient (Wildman–Crippen LogP) is 0.546. The molecule has 0 N–H and O–H groups in total. The number of hydrogen-bond acceptors (Lipinski definition) is 4. The molecule has 1 aliphatic heterocycles. The van der Waals surface area contributed by atoms with Crippen molar-refractivity contribution in [3.63, 3.8) is 0 Å². The van der Waals surface area contributed by atoms with Gasteiger partial charge < -0.3 is 9.80 Å². The zero-order valence-electron chi connectivity index (χ0n) is 11.7. The second kappa shape index (κ2) is 5.24. The van der Waals surface area contributed by atoms with Gasteiger partial charge in [0.2, 0.25) is 5.91 Å². The Morgan fingerprint density at radius 3 is 2.55 bits per heavy atom. The Bertz CT molecular complexity index is 667. The second-order valence-corrected chi connectivity index (χ2v) is 6.22. The van der Waals surface area contributed by atoms with E-state index in [1.54, 1.807) is 42.1 Å². The van der Waals surface area contributed by atoms with Crippen molar-refractivity contribution in [3.8, 4) is 0 Å². The summed E-state index contributed by atoms with van der Waals surface area (Å²) in [5, 5.41) is 0. The summed E-state index contributed by atoms with van der Waals surface area (Å²) in [6.45, 7) is 2.58. The summed E-state index contributed by atoms with van der Waals surface area (Å²) in [4.78, 5) is 15.2. The van der Waals surface area contributed by atoms with Crippen LogP contribution in [0.5, 0.6) is 0 Å². The molecule has 0 radical (unpaired) electrons. The molecule has 7 heteroatoms. The lowest BCUT2D eigenvalue weighted by Gasteiger charge is -2.22. The average Bonchev–Trinajstić information content (AvgIpc) is 2.70. The maximum absolute atomic E-state index is 11.9. The molecule has 0 saturated heterocycles. The molecule has 0 bridgehead atoms. The number of benzene rings is 1. The Balaban J connectivity index is 2.29. The van der Waals surface area contributed by atoms with Crippen LogP contribution in [0.1, 0.15) is 12.5 Å². The first-order chi connectivity index (χ1) is 9.36. The van der Waals surface area contributed by atoms with E-state index >= 15 is 0 Å². The fraction of sp³-hybridized carbons (Fsp3) is 0.385. The fourth-order valence-electron chi connectivity index (χ4n) is 1.94. The summed E-state index contributed by atoms with van der Waals surface area (Å²) in [6, 6.07) is 6.63. The normalized spacial score (nSPS) is 15.4. The molecule has 2 rings (SSSR count). The van der Waals surface area contributed by atoms with Gasteiger partial charge in [0.05, 0.1) is 6.54 Å². The summed E-state index contributed by atoms with van der Waals surface area (Å²) in [5.74, 6) is 0.234. The van der Waals surface area contributed by atoms with Crippen molar-refractivity contribution in [1.29, 1.82) is 0 Å². The van der Waals surface area contributed by atoms with Crippen molar-refractivity contribution in [1.82, 2.24) is 9.80 Å². The standard InChI is InChI=1S/C13H17N3O3S/c1-4-15(2)12(17)9-16(3)13-10-7-5-6-8-11(10)20(18,19)14-13/h5-8H,4,9H2,1-3H3. The number of carbonyl (C=O) groups excluding carboxylic acids is 1. The lowest BCUT2D eigenvalue weighted by molar-refractivity contribution is -0.129. The Hall–Kier alpha value is -1.89. The lowest BCUT2D eigenvalue weighted by Crippen LogP contribution is -2.39. The van der Waals surface area contributed by atoms with Gasteiger partial charge in [-0.15, -0.1) is 4.40 Å². The molecular formula is C13H17N3O3S. The van der Waals surface area contributed by atoms with E-state index in [0.29, 0.717) is 17.9 Å². The van der Waals surface area contributed by atoms with Gasteiger partial charge in [-0.3, -0.25) is 4.79 Å². The summed E-state index contributed by atoms with van der Waals surface area (Å²) < 4.78 is 27.6. The number of nitrogens with zero attached hydrogens (tertiary/aromatic N) is 3. The third kappa shape index (κ3) is 2.53. The number of carbonyl (C=O) groups is 1. The Morgan fingerprint density at radius 1 is 1.25 bits per heavy atom. The van der Waals surface area contributed by atoms with Crippen molar-refractivity contribution in [2.45, 2.75) is 11.8 Å². The molecule has 1 aliphatic rings. The van der Waals surface area contributed by atoms with Crippen molar-refractivity contribution >= 4 is 21.8 Å². The Kier molecular flexibility index (Phi) is 3.80. The lowest BCUT2D eigenvalue weighted by atomic mass is 10.2. The van der Waals surface area contributed by atoms with Gasteiger partial charge in [-0.05, 0) is 19.1 Å². The Labute approximate surface area is 118 Å². The molecule has 0 aliphatic carbocycles. The number of hydrogen-bond donors (Lipinski definition) is 0. The van der Waals surface area contributed by atoms with Crippen LogP contribution >= 0.6 is 0 Å². The third-order valence-corrected chi connectivity index (χ3v) is 4.57. The quantitative estimate of drug-likeness (QED) is 0.816. The number of sulfonamides is 1. The van der Waals surface area contributed by atoms with Crippen LogP contribution in [0.3, 0.4) is 0 Å². The highest BCUT2D eigenvalue weighted by Gasteiger charge is 2.31. The van der Waals surface area contributed by atoms with E-state index in [2.05, 4.69) is 4.40 Å². The van der Waals surface area contributed by atoms with Crippen LogP contribution in [0, 0.1) is 0 Å². The summed E-state index contributed by atoms with van der Waals surface area (Å²) >= 11 is 0. The van der Waals surface area contributed by atoms with Crippen LogP contribution in [0.4, 0.5) is 0 Å². The minimum absolute atomic E-state index is 0.0838. The van der Waals surface area contributed by atoms with Gasteiger partial charge in [0, 0.05) is 26.2 Å². The highest BCUT2D eigenvalue weighted by Crippen LogP contribution is 2.26. The average molecular weight is 295 g/mol. The third-order valence-electron chi connectivity index (χ3n) is 3.25. The molecule has 0 atom stereocenters. The summed E-state index contributed by atoms with van der Waals surface area (Å²) in [5.41, 5.74) is 0.543. The van der Waals surface area contributed by atoms with E-state index in [-0.39, 0.29) is 17.3 Å². The van der Waals surface area contributed by atoms with Gasteiger partial charge in [-0.1, -0.05) is 12.1 Å². The molecular weight excluding hydrogens is 278 g/mol. The molecule has 0 saturated carbocycles. The molecule has 1 heterocycles. The first-order valence-electron chi connectivity index (χ1n) is 6.26. The summed E-state index contributed by atoms with van der Waals surface area (Å²) in [7, 11) is -0.270. The van der Waals surface area contributed by atoms with Gasteiger partial charge >= 0.3 is 0 Å². The topological polar surface area (TPSA) is 70.1 Å². The van der Waals surface area contributed by atoms with Crippen LogP contribution < -0.4 is 0 Å². The van der Waals surface area contributed by atoms with Gasteiger partial charge in [-0.2, -0.15) is 8.42 Å². The zero-order valence-corrected chi connectivity index (χ0v) is 12.5. The minimum Gasteiger partial charge on any atom is -0.349 e. The van der Waals surface area contributed by atoms with Crippen LogP contribution in [0.15, 0.2) is 33.6 Å². The maximum atomic E-state index is 11.9. The molecule has 1 aromatic carbocycles. The molecule has 108 valence electrons. The van der Waals surface area contributed by atoms with E-state index in [1.807, 2.05) is 6.92 Å². The SMILES string of the molecule is CCN(C)C(=O)CN(C)C1=NS(=O)(=O)c2ccccc21. The number of amides is 1. The minimum atomic E-state index is -3.64. The number of rotatable bonds is 3. The summed E-state index contributed by atoms with van der Waals surface area (Å²) in [6.07, 6.45) is 0. The molecule has 1 aromatic rings. The van der Waals surface area contributed by atoms with Crippen molar-refractivity contribution < 1.29 is 13.2 Å². The Morgan fingerprint density at radius 2 is 1.90 bits per heavy atom. The smallest absolute Gasteiger partial charge is 0.285 e. The van der Waals surface area contributed by atoms with E-state index in [9.17, 15) is 13.2 Å². The van der Waals surface area contributed by atoms with E-state index < -0.39 is 10.0 Å². The molecule has 1 amide bonds. The van der Waals surface area contributed by atoms with Crippen molar-refractivity contribution in [3.05, 3.63) is 29.8 Å². The van der Waals surface area contributed by atoms with Crippen molar-refractivity contribution in [2.24, 2.45) is 4.40 Å². The number of amidine groups is 1. The molecule has 0 unspecified atom stereocenters. The number of fused-ring (bicyclic) bond motifs is 1. The second-order valence-electron chi connectivity index (χ2n) is 4.65. The highest BCUT2D eigenvalue weighted by atomic mass is 32.2. The van der Waals surface area contributed by atoms with Gasteiger partial charge in [0.25, 0.3) is 10.0 Å². The monoisotopic (exact) mass is 295 g/mol. The molecule has 0 aromatic heterocycles. The van der Waals surface area contributed by atoms with Crippen LogP contribution in [-0.2, 0) is 14.8 Å². The highest BCUT2D eigenvalue weighted by molar-refractivity contribution is 7.90. The first-order valence-corrected chi connectivity index (χ1v) is 7.70. The van der Waals surface area contributed by atoms with Crippen LogP contribution in [0.2, 0.25) is 0 Å². The van der Waals surface area contributed by atoms with Crippen LogP contribution in [0.25, 0.3) is 0 Å². The molecule has 20 heavy (non-hydrogen) atoms. The molecule has 0 fully saturated rings. The van der Waals surface area contributed by atoms with Crippen molar-refractivity contribution in [2.75, 3.05) is 27.2 Å². The fourth-order valence-corrected chi connectivity index (χ4v) is 3.19.